The minimum atomic E-state index is 0.614. The van der Waals surface area contributed by atoms with Crippen molar-refractivity contribution in [2.24, 2.45) is 4.99 Å². The lowest BCUT2D eigenvalue weighted by atomic mass is 10.1. The van der Waals surface area contributed by atoms with Crippen molar-refractivity contribution >= 4 is 5.96 Å². The van der Waals surface area contributed by atoms with Crippen molar-refractivity contribution < 1.29 is 0 Å². The highest BCUT2D eigenvalue weighted by Gasteiger charge is 2.30. The molecule has 2 heterocycles. The first-order valence-electron chi connectivity index (χ1n) is 9.06. The molecule has 0 aliphatic carbocycles. The van der Waals surface area contributed by atoms with E-state index in [0.717, 1.165) is 31.2 Å². The van der Waals surface area contributed by atoms with Crippen molar-refractivity contribution in [1.82, 2.24) is 15.1 Å². The lowest BCUT2D eigenvalue weighted by Crippen LogP contribution is -2.42. The zero-order valence-corrected chi connectivity index (χ0v) is 14.5. The summed E-state index contributed by atoms with van der Waals surface area (Å²) in [6.07, 6.45) is 3.92. The van der Waals surface area contributed by atoms with E-state index in [2.05, 4.69) is 28.1 Å². The molecule has 1 aromatic carbocycles. The van der Waals surface area contributed by atoms with E-state index in [1.807, 2.05) is 24.3 Å². The third kappa shape index (κ3) is 4.07. The largest absolute Gasteiger partial charge is 0.357 e. The van der Waals surface area contributed by atoms with Crippen molar-refractivity contribution in [3.8, 4) is 6.07 Å². The van der Waals surface area contributed by atoms with E-state index >= 15 is 0 Å². The van der Waals surface area contributed by atoms with E-state index in [9.17, 15) is 0 Å². The fourth-order valence-corrected chi connectivity index (χ4v) is 3.67. The number of nitriles is 1. The van der Waals surface area contributed by atoms with E-state index in [1.165, 1.54) is 32.4 Å². The Kier molecular flexibility index (Phi) is 5.71. The highest BCUT2D eigenvalue weighted by Crippen LogP contribution is 2.20. The van der Waals surface area contributed by atoms with Gasteiger partial charge in [0.25, 0.3) is 0 Å². The average Bonchev–Trinajstić information content (AvgIpc) is 3.29. The Bertz CT molecular complexity index is 612. The number of hydrogen-bond donors (Lipinski definition) is 1. The standard InChI is InChI=1S/C19H27N5/c1-2-21-19(22-14-17-7-5-6-16(12-17)13-20)24-11-8-18(15-24)23-9-3-4-10-23/h5-7,12,18H,2-4,8-11,14-15H2,1H3,(H,21,22). The molecule has 2 fully saturated rings. The van der Waals surface area contributed by atoms with Gasteiger partial charge >= 0.3 is 0 Å². The quantitative estimate of drug-likeness (QED) is 0.681. The number of aliphatic imine (C=N–C) groups is 1. The van der Waals surface area contributed by atoms with Crippen molar-refractivity contribution in [1.29, 1.82) is 5.26 Å². The van der Waals surface area contributed by atoms with Crippen LogP contribution in [0.15, 0.2) is 29.3 Å². The van der Waals surface area contributed by atoms with Gasteiger partial charge in [-0.05, 0) is 57.0 Å². The summed E-state index contributed by atoms with van der Waals surface area (Å²) in [6.45, 7) is 8.26. The molecule has 1 aromatic rings. The zero-order chi connectivity index (χ0) is 16.8. The monoisotopic (exact) mass is 325 g/mol. The predicted molar refractivity (Wildman–Crippen MR) is 96.8 cm³/mol. The summed E-state index contributed by atoms with van der Waals surface area (Å²) in [4.78, 5) is 9.83. The molecule has 1 N–H and O–H groups in total. The van der Waals surface area contributed by atoms with E-state index in [4.69, 9.17) is 10.3 Å². The van der Waals surface area contributed by atoms with Crippen LogP contribution in [-0.4, -0.2) is 54.5 Å². The minimum absolute atomic E-state index is 0.614. The number of hydrogen-bond acceptors (Lipinski definition) is 3. The van der Waals surface area contributed by atoms with Crippen molar-refractivity contribution in [2.75, 3.05) is 32.7 Å². The summed E-state index contributed by atoms with van der Waals surface area (Å²) in [5, 5.41) is 12.4. The summed E-state index contributed by atoms with van der Waals surface area (Å²) in [7, 11) is 0. The summed E-state index contributed by atoms with van der Waals surface area (Å²) < 4.78 is 0. The van der Waals surface area contributed by atoms with Crippen molar-refractivity contribution in [3.63, 3.8) is 0 Å². The molecule has 2 aliphatic heterocycles. The molecule has 24 heavy (non-hydrogen) atoms. The van der Waals surface area contributed by atoms with Crippen LogP contribution in [0.4, 0.5) is 0 Å². The van der Waals surface area contributed by atoms with Gasteiger partial charge in [0.15, 0.2) is 5.96 Å². The van der Waals surface area contributed by atoms with Crippen LogP contribution < -0.4 is 5.32 Å². The number of benzene rings is 1. The molecular weight excluding hydrogens is 298 g/mol. The fraction of sp³-hybridized carbons (Fsp3) is 0.579. The average molecular weight is 325 g/mol. The van der Waals surface area contributed by atoms with E-state index < -0.39 is 0 Å². The maximum atomic E-state index is 9.02. The lowest BCUT2D eigenvalue weighted by Gasteiger charge is -2.25. The summed E-state index contributed by atoms with van der Waals surface area (Å²) >= 11 is 0. The van der Waals surface area contributed by atoms with Gasteiger partial charge in [-0.25, -0.2) is 4.99 Å². The second kappa shape index (κ2) is 8.16. The van der Waals surface area contributed by atoms with Crippen LogP contribution in [0.25, 0.3) is 0 Å². The maximum absolute atomic E-state index is 9.02. The van der Waals surface area contributed by atoms with E-state index in [1.54, 1.807) is 0 Å². The molecule has 2 aliphatic rings. The third-order valence-corrected chi connectivity index (χ3v) is 4.92. The van der Waals surface area contributed by atoms with Crippen molar-refractivity contribution in [2.45, 2.75) is 38.8 Å². The maximum Gasteiger partial charge on any atom is 0.194 e. The van der Waals surface area contributed by atoms with Gasteiger partial charge in [0.05, 0.1) is 18.2 Å². The Labute approximate surface area is 145 Å². The molecular formula is C19H27N5. The first-order valence-corrected chi connectivity index (χ1v) is 9.06. The Hall–Kier alpha value is -2.06. The smallest absolute Gasteiger partial charge is 0.194 e. The number of nitrogens with one attached hydrogen (secondary N) is 1. The molecule has 128 valence electrons. The van der Waals surface area contributed by atoms with Gasteiger partial charge in [-0.2, -0.15) is 5.26 Å². The lowest BCUT2D eigenvalue weighted by molar-refractivity contribution is 0.249. The normalized spacial score (nSPS) is 21.9. The van der Waals surface area contributed by atoms with Gasteiger partial charge in [-0.15, -0.1) is 0 Å². The van der Waals surface area contributed by atoms with Crippen LogP contribution in [0.5, 0.6) is 0 Å². The molecule has 0 spiro atoms. The summed E-state index contributed by atoms with van der Waals surface area (Å²) in [6, 6.07) is 10.6. The van der Waals surface area contributed by atoms with Gasteiger partial charge in [-0.1, -0.05) is 12.1 Å². The Morgan fingerprint density at radius 3 is 2.92 bits per heavy atom. The summed E-state index contributed by atoms with van der Waals surface area (Å²) in [5.74, 6) is 1.00. The number of guanidine groups is 1. The Morgan fingerprint density at radius 2 is 2.17 bits per heavy atom. The molecule has 0 aromatic heterocycles. The van der Waals surface area contributed by atoms with Crippen LogP contribution in [0.3, 0.4) is 0 Å². The second-order valence-corrected chi connectivity index (χ2v) is 6.61. The molecule has 5 heteroatoms. The minimum Gasteiger partial charge on any atom is -0.357 e. The molecule has 0 bridgehead atoms. The number of nitrogens with zero attached hydrogens (tertiary/aromatic N) is 4. The second-order valence-electron chi connectivity index (χ2n) is 6.61. The zero-order valence-electron chi connectivity index (χ0n) is 14.5. The molecule has 3 rings (SSSR count). The SMILES string of the molecule is CCNC(=NCc1cccc(C#N)c1)N1CCC(N2CCCC2)C1. The topological polar surface area (TPSA) is 54.7 Å². The summed E-state index contributed by atoms with van der Waals surface area (Å²) in [5.41, 5.74) is 1.78. The first kappa shape index (κ1) is 16.8. The predicted octanol–water partition coefficient (Wildman–Crippen LogP) is 2.19. The Balaban J connectivity index is 1.64. The van der Waals surface area contributed by atoms with Crippen LogP contribution >= 0.6 is 0 Å². The van der Waals surface area contributed by atoms with E-state index in [-0.39, 0.29) is 0 Å². The number of likely N-dealkylation sites (tertiary alicyclic amines) is 2. The van der Waals surface area contributed by atoms with Crippen molar-refractivity contribution in [3.05, 3.63) is 35.4 Å². The van der Waals surface area contributed by atoms with Gasteiger partial charge in [0.1, 0.15) is 0 Å². The van der Waals surface area contributed by atoms with Crippen LogP contribution in [0, 0.1) is 11.3 Å². The molecule has 0 saturated carbocycles. The molecule has 0 amide bonds. The molecule has 0 radical (unpaired) electrons. The molecule has 5 nitrogen and oxygen atoms in total. The van der Waals surface area contributed by atoms with Crippen LogP contribution in [-0.2, 0) is 6.54 Å². The van der Waals surface area contributed by atoms with Crippen LogP contribution in [0.1, 0.15) is 37.3 Å². The van der Waals surface area contributed by atoms with Crippen LogP contribution in [0.2, 0.25) is 0 Å². The third-order valence-electron chi connectivity index (χ3n) is 4.92. The number of rotatable bonds is 4. The van der Waals surface area contributed by atoms with Gasteiger partial charge in [-0.3, -0.25) is 4.90 Å². The highest BCUT2D eigenvalue weighted by molar-refractivity contribution is 5.80. The highest BCUT2D eigenvalue weighted by atomic mass is 15.3. The van der Waals surface area contributed by atoms with Gasteiger partial charge < -0.3 is 10.2 Å². The molecule has 1 unspecified atom stereocenters. The van der Waals surface area contributed by atoms with E-state index in [0.29, 0.717) is 18.2 Å². The first-order chi connectivity index (χ1) is 11.8. The van der Waals surface area contributed by atoms with Gasteiger partial charge in [0.2, 0.25) is 0 Å². The molecule has 1 atom stereocenters. The van der Waals surface area contributed by atoms with Gasteiger partial charge in [0, 0.05) is 25.7 Å². The fourth-order valence-electron chi connectivity index (χ4n) is 3.67. The molecule has 2 saturated heterocycles. The Morgan fingerprint density at radius 1 is 1.33 bits per heavy atom.